The first-order valence-electron chi connectivity index (χ1n) is 7.52. The van der Waals surface area contributed by atoms with E-state index in [0.717, 1.165) is 5.56 Å². The summed E-state index contributed by atoms with van der Waals surface area (Å²) in [7, 11) is 1.57. The fourth-order valence-corrected chi connectivity index (χ4v) is 2.79. The zero-order chi connectivity index (χ0) is 16.0. The number of carbonyl (C=O) groups is 2. The lowest BCUT2D eigenvalue weighted by atomic mass is 9.72. The van der Waals surface area contributed by atoms with E-state index in [2.05, 4.69) is 10.3 Å². The number of aromatic nitrogens is 1. The summed E-state index contributed by atoms with van der Waals surface area (Å²) in [6.45, 7) is 2.69. The minimum absolute atomic E-state index is 0.0493. The second-order valence-corrected chi connectivity index (χ2v) is 5.45. The molecule has 0 unspecified atom stereocenters. The molecule has 2 heterocycles. The van der Waals surface area contributed by atoms with Gasteiger partial charge in [0.25, 0.3) is 0 Å². The first kappa shape index (κ1) is 16.3. The Labute approximate surface area is 130 Å². The highest BCUT2D eigenvalue weighted by Crippen LogP contribution is 2.36. The molecule has 6 nitrogen and oxygen atoms in total. The Morgan fingerprint density at radius 3 is 2.82 bits per heavy atom. The topological polar surface area (TPSA) is 77.5 Å². The number of ether oxygens (including phenoxy) is 2. The Hall–Kier alpha value is -2.11. The number of nitrogens with zero attached hydrogens (tertiary/aromatic N) is 1. The van der Waals surface area contributed by atoms with E-state index < -0.39 is 0 Å². The predicted octanol–water partition coefficient (Wildman–Crippen LogP) is 1.58. The zero-order valence-corrected chi connectivity index (χ0v) is 13.1. The highest BCUT2D eigenvalue weighted by atomic mass is 16.5. The van der Waals surface area contributed by atoms with Gasteiger partial charge in [-0.1, -0.05) is 6.07 Å². The maximum Gasteiger partial charge on any atom is 0.305 e. The highest BCUT2D eigenvalue weighted by Gasteiger charge is 2.37. The van der Waals surface area contributed by atoms with Crippen LogP contribution in [0.25, 0.3) is 0 Å². The SMILES string of the molecule is CCOC(=O)CC[C@]1(c2ccc(OC)nc2)CCC(=O)NC1. The van der Waals surface area contributed by atoms with Crippen molar-refractivity contribution >= 4 is 11.9 Å². The molecular weight excluding hydrogens is 284 g/mol. The van der Waals surface area contributed by atoms with Gasteiger partial charge >= 0.3 is 5.97 Å². The second-order valence-electron chi connectivity index (χ2n) is 5.45. The third kappa shape index (κ3) is 3.75. The molecule has 0 saturated carbocycles. The van der Waals surface area contributed by atoms with Crippen molar-refractivity contribution in [2.24, 2.45) is 0 Å². The van der Waals surface area contributed by atoms with Crippen molar-refractivity contribution in [1.82, 2.24) is 10.3 Å². The third-order valence-electron chi connectivity index (χ3n) is 4.13. The number of pyridine rings is 1. The number of carbonyl (C=O) groups excluding carboxylic acids is 2. The molecule has 22 heavy (non-hydrogen) atoms. The third-order valence-corrected chi connectivity index (χ3v) is 4.13. The molecular formula is C16H22N2O4. The highest BCUT2D eigenvalue weighted by molar-refractivity contribution is 5.77. The van der Waals surface area contributed by atoms with E-state index in [1.807, 2.05) is 6.07 Å². The van der Waals surface area contributed by atoms with E-state index in [0.29, 0.717) is 44.7 Å². The molecule has 1 N–H and O–H groups in total. The Kier molecular flexibility index (Phi) is 5.35. The van der Waals surface area contributed by atoms with Crippen LogP contribution >= 0.6 is 0 Å². The molecule has 1 fully saturated rings. The quantitative estimate of drug-likeness (QED) is 0.807. The number of piperidine rings is 1. The first-order chi connectivity index (χ1) is 10.6. The minimum atomic E-state index is -0.278. The van der Waals surface area contributed by atoms with Gasteiger partial charge in [0.1, 0.15) is 0 Å². The molecule has 0 aliphatic carbocycles. The van der Waals surface area contributed by atoms with Crippen LogP contribution in [0.1, 0.15) is 38.2 Å². The van der Waals surface area contributed by atoms with Crippen LogP contribution in [0.3, 0.4) is 0 Å². The van der Waals surface area contributed by atoms with E-state index >= 15 is 0 Å². The lowest BCUT2D eigenvalue weighted by Gasteiger charge is -2.37. The molecule has 1 aliphatic rings. The van der Waals surface area contributed by atoms with Gasteiger partial charge < -0.3 is 14.8 Å². The fourth-order valence-electron chi connectivity index (χ4n) is 2.79. The van der Waals surface area contributed by atoms with Crippen molar-refractivity contribution in [3.05, 3.63) is 23.9 Å². The van der Waals surface area contributed by atoms with Crippen molar-refractivity contribution in [1.29, 1.82) is 0 Å². The lowest BCUT2D eigenvalue weighted by Crippen LogP contribution is -2.46. The summed E-state index contributed by atoms with van der Waals surface area (Å²) >= 11 is 0. The lowest BCUT2D eigenvalue weighted by molar-refractivity contribution is -0.143. The number of methoxy groups -OCH3 is 1. The van der Waals surface area contributed by atoms with Crippen LogP contribution in [0, 0.1) is 0 Å². The summed E-state index contributed by atoms with van der Waals surface area (Å²) in [5, 5.41) is 2.91. The molecule has 1 aromatic rings. The fraction of sp³-hybridized carbons (Fsp3) is 0.562. The molecule has 1 aromatic heterocycles. The van der Waals surface area contributed by atoms with Crippen LogP contribution in [-0.2, 0) is 19.7 Å². The van der Waals surface area contributed by atoms with Crippen LogP contribution in [-0.4, -0.2) is 37.1 Å². The standard InChI is InChI=1S/C16H22N2O4/c1-3-22-15(20)7-9-16(8-6-13(19)18-11-16)12-4-5-14(21-2)17-10-12/h4-5,10H,3,6-9,11H2,1-2H3,(H,18,19)/t16-/m1/s1. The number of hydrogen-bond donors (Lipinski definition) is 1. The molecule has 1 amide bonds. The van der Waals surface area contributed by atoms with Gasteiger partial charge in [0.15, 0.2) is 0 Å². The molecule has 0 radical (unpaired) electrons. The number of nitrogens with one attached hydrogen (secondary N) is 1. The van der Waals surface area contributed by atoms with Crippen molar-refractivity contribution in [3.63, 3.8) is 0 Å². The van der Waals surface area contributed by atoms with E-state index in [1.54, 1.807) is 26.3 Å². The van der Waals surface area contributed by atoms with E-state index in [1.165, 1.54) is 0 Å². The molecule has 1 atom stereocenters. The summed E-state index contributed by atoms with van der Waals surface area (Å²) < 4.78 is 10.1. The summed E-state index contributed by atoms with van der Waals surface area (Å²) in [6.07, 6.45) is 3.87. The largest absolute Gasteiger partial charge is 0.481 e. The van der Waals surface area contributed by atoms with Gasteiger partial charge in [0, 0.05) is 37.1 Å². The minimum Gasteiger partial charge on any atom is -0.481 e. The molecule has 1 aliphatic heterocycles. The van der Waals surface area contributed by atoms with Gasteiger partial charge in [-0.2, -0.15) is 0 Å². The van der Waals surface area contributed by atoms with E-state index in [9.17, 15) is 9.59 Å². The molecule has 0 aromatic carbocycles. The van der Waals surface area contributed by atoms with Crippen LogP contribution in [0.2, 0.25) is 0 Å². The molecule has 120 valence electrons. The molecule has 6 heteroatoms. The maximum absolute atomic E-state index is 11.7. The summed E-state index contributed by atoms with van der Waals surface area (Å²) in [4.78, 5) is 27.4. The molecule has 0 spiro atoms. The normalized spacial score (nSPS) is 21.1. The summed E-state index contributed by atoms with van der Waals surface area (Å²) in [5.41, 5.74) is 0.734. The first-order valence-corrected chi connectivity index (χ1v) is 7.52. The van der Waals surface area contributed by atoms with Crippen molar-refractivity contribution in [3.8, 4) is 5.88 Å². The van der Waals surface area contributed by atoms with Crippen LogP contribution in [0.5, 0.6) is 5.88 Å². The van der Waals surface area contributed by atoms with Crippen LogP contribution < -0.4 is 10.1 Å². The number of amides is 1. The number of rotatable bonds is 6. The second kappa shape index (κ2) is 7.24. The van der Waals surface area contributed by atoms with Gasteiger partial charge in [-0.05, 0) is 25.3 Å². The van der Waals surface area contributed by atoms with E-state index in [-0.39, 0.29) is 17.3 Å². The van der Waals surface area contributed by atoms with Crippen molar-refractivity contribution in [2.45, 2.75) is 38.0 Å². The smallest absolute Gasteiger partial charge is 0.305 e. The zero-order valence-electron chi connectivity index (χ0n) is 13.1. The van der Waals surface area contributed by atoms with Crippen LogP contribution in [0.4, 0.5) is 0 Å². The Balaban J connectivity index is 2.17. The average Bonchev–Trinajstić information content (AvgIpc) is 2.55. The maximum atomic E-state index is 11.7. The van der Waals surface area contributed by atoms with E-state index in [4.69, 9.17) is 9.47 Å². The monoisotopic (exact) mass is 306 g/mol. The predicted molar refractivity (Wildman–Crippen MR) is 80.6 cm³/mol. The number of esters is 1. The summed E-state index contributed by atoms with van der Waals surface area (Å²) in [5.74, 6) is 0.387. The van der Waals surface area contributed by atoms with Crippen LogP contribution in [0.15, 0.2) is 18.3 Å². The Morgan fingerprint density at radius 1 is 1.45 bits per heavy atom. The van der Waals surface area contributed by atoms with Crippen molar-refractivity contribution in [2.75, 3.05) is 20.3 Å². The summed E-state index contributed by atoms with van der Waals surface area (Å²) in [6, 6.07) is 3.76. The van der Waals surface area contributed by atoms with Gasteiger partial charge in [-0.25, -0.2) is 4.98 Å². The van der Waals surface area contributed by atoms with Gasteiger partial charge in [-0.3, -0.25) is 9.59 Å². The van der Waals surface area contributed by atoms with Gasteiger partial charge in [0.05, 0.1) is 13.7 Å². The van der Waals surface area contributed by atoms with Crippen molar-refractivity contribution < 1.29 is 19.1 Å². The molecule has 0 bridgehead atoms. The average molecular weight is 306 g/mol. The number of hydrogen-bond acceptors (Lipinski definition) is 5. The molecule has 2 rings (SSSR count). The van der Waals surface area contributed by atoms with Gasteiger partial charge in [-0.15, -0.1) is 0 Å². The molecule has 1 saturated heterocycles. The Morgan fingerprint density at radius 2 is 2.27 bits per heavy atom. The van der Waals surface area contributed by atoms with Gasteiger partial charge in [0.2, 0.25) is 11.8 Å². The Bertz CT molecular complexity index is 517.